The fourth-order valence-electron chi connectivity index (χ4n) is 7.08. The van der Waals surface area contributed by atoms with Crippen molar-refractivity contribution in [1.82, 2.24) is 14.9 Å². The van der Waals surface area contributed by atoms with Crippen molar-refractivity contribution in [2.45, 2.75) is 6.17 Å². The highest BCUT2D eigenvalue weighted by molar-refractivity contribution is 6.21. The van der Waals surface area contributed by atoms with Crippen LogP contribution in [0.1, 0.15) is 23.0 Å². The highest BCUT2D eigenvalue weighted by atomic mass is 16.3. The van der Waals surface area contributed by atoms with Crippen molar-refractivity contribution in [2.75, 3.05) is 0 Å². The number of furan rings is 1. The van der Waals surface area contributed by atoms with Crippen LogP contribution < -0.4 is 5.32 Å². The molecule has 48 heavy (non-hydrogen) atoms. The second-order valence-corrected chi connectivity index (χ2v) is 12.1. The molecule has 226 valence electrons. The van der Waals surface area contributed by atoms with Crippen LogP contribution >= 0.6 is 0 Å². The zero-order valence-electron chi connectivity index (χ0n) is 25.7. The minimum absolute atomic E-state index is 0.332. The number of nitrogens with one attached hydrogen (secondary N) is 1. The van der Waals surface area contributed by atoms with Crippen LogP contribution in [0.3, 0.4) is 0 Å². The largest absolute Gasteiger partial charge is 0.454 e. The maximum Gasteiger partial charge on any atom is 0.178 e. The number of aliphatic imine (C=N–C) groups is 2. The summed E-state index contributed by atoms with van der Waals surface area (Å²) in [6.45, 7) is 0. The maximum absolute atomic E-state index is 6.56. The highest BCUT2D eigenvalue weighted by Gasteiger charge is 2.24. The molecule has 0 aliphatic carbocycles. The molecule has 0 bridgehead atoms. The second-order valence-electron chi connectivity index (χ2n) is 12.1. The lowest BCUT2D eigenvalue weighted by molar-refractivity contribution is 0.671. The van der Waals surface area contributed by atoms with Crippen LogP contribution in [-0.4, -0.2) is 21.2 Å². The van der Waals surface area contributed by atoms with E-state index in [9.17, 15) is 0 Å². The molecule has 0 amide bonds. The third kappa shape index (κ3) is 4.09. The molecule has 3 aromatic heterocycles. The van der Waals surface area contributed by atoms with Gasteiger partial charge in [0.1, 0.15) is 29.1 Å². The Bertz CT molecular complexity index is 2770. The summed E-state index contributed by atoms with van der Waals surface area (Å²) >= 11 is 0. The summed E-state index contributed by atoms with van der Waals surface area (Å²) in [4.78, 5) is 15.5. The molecule has 0 saturated heterocycles. The quantitative estimate of drug-likeness (QED) is 0.214. The highest BCUT2D eigenvalue weighted by Crippen LogP contribution is 2.40. The van der Waals surface area contributed by atoms with Crippen molar-refractivity contribution in [2.24, 2.45) is 9.98 Å². The number of hydrogen-bond donors (Lipinski definition) is 1. The van der Waals surface area contributed by atoms with Gasteiger partial charge < -0.3 is 9.73 Å². The monoisotopic (exact) mass is 617 g/mol. The molecule has 0 radical (unpaired) electrons. The minimum atomic E-state index is -0.332. The van der Waals surface area contributed by atoms with Gasteiger partial charge in [-0.15, -0.1) is 0 Å². The third-order valence-electron chi connectivity index (χ3n) is 9.27. The normalized spacial score (nSPS) is 14.9. The lowest BCUT2D eigenvalue weighted by atomic mass is 10.0. The van der Waals surface area contributed by atoms with Crippen LogP contribution in [0.15, 0.2) is 166 Å². The number of nitrogens with zero attached hydrogens (tertiary/aromatic N) is 4. The van der Waals surface area contributed by atoms with Gasteiger partial charge in [-0.3, -0.25) is 4.57 Å². The van der Waals surface area contributed by atoms with Gasteiger partial charge in [-0.25, -0.2) is 15.0 Å². The summed E-state index contributed by atoms with van der Waals surface area (Å²) in [5, 5.41) is 10.3. The van der Waals surface area contributed by atoms with Gasteiger partial charge >= 0.3 is 0 Å². The lowest BCUT2D eigenvalue weighted by Gasteiger charge is -2.24. The van der Waals surface area contributed by atoms with Crippen LogP contribution in [0.5, 0.6) is 0 Å². The Hall–Kier alpha value is -6.53. The first-order valence-corrected chi connectivity index (χ1v) is 16.1. The SMILES string of the molecule is c1ccc(C2N=C(c3cccc(-n4c5ccccc5c5ccc6c7ccccc7oc6c54)n3)N=C(c3cccc4ccccc34)N2)cc1. The average molecular weight is 618 g/mol. The molecule has 0 fully saturated rings. The van der Waals surface area contributed by atoms with Crippen LogP contribution in [0.2, 0.25) is 0 Å². The fourth-order valence-corrected chi connectivity index (χ4v) is 7.08. The topological polar surface area (TPSA) is 67.7 Å². The van der Waals surface area contributed by atoms with E-state index in [1.807, 2.05) is 48.5 Å². The minimum Gasteiger partial charge on any atom is -0.454 e. The number of amidine groups is 2. The smallest absolute Gasteiger partial charge is 0.178 e. The Morgan fingerprint density at radius 3 is 2.23 bits per heavy atom. The zero-order chi connectivity index (χ0) is 31.6. The second kappa shape index (κ2) is 10.5. The van der Waals surface area contributed by atoms with Crippen LogP contribution in [0, 0.1) is 0 Å². The number of para-hydroxylation sites is 2. The number of rotatable bonds is 4. The van der Waals surface area contributed by atoms with Gasteiger partial charge in [0.05, 0.1) is 11.0 Å². The molecule has 9 aromatic rings. The van der Waals surface area contributed by atoms with Gasteiger partial charge in [-0.2, -0.15) is 0 Å². The third-order valence-corrected chi connectivity index (χ3v) is 9.27. The van der Waals surface area contributed by atoms with E-state index >= 15 is 0 Å². The molecule has 1 N–H and O–H groups in total. The van der Waals surface area contributed by atoms with E-state index in [2.05, 4.69) is 113 Å². The molecule has 6 nitrogen and oxygen atoms in total. The molecular formula is C42H27N5O. The van der Waals surface area contributed by atoms with Gasteiger partial charge in [-0.05, 0) is 46.7 Å². The predicted octanol–water partition coefficient (Wildman–Crippen LogP) is 9.73. The lowest BCUT2D eigenvalue weighted by Crippen LogP contribution is -2.34. The molecule has 1 aliphatic heterocycles. The van der Waals surface area contributed by atoms with E-state index in [-0.39, 0.29) is 6.17 Å². The Balaban J connectivity index is 1.20. The standard InChI is InChI=1S/C42H27N5O/c1-2-13-27(14-3-1)40-44-41(33-19-10-15-26-12-4-5-16-28(26)33)46-42(45-40)34-20-11-23-37(43-34)47-35-21-8-6-17-29(35)31-24-25-32-30-18-7-9-22-36(30)48-39(32)38(31)47/h1-25,40H,(H,44,45,46). The predicted molar refractivity (Wildman–Crippen MR) is 195 cm³/mol. The number of hydrogen-bond acceptors (Lipinski definition) is 5. The summed E-state index contributed by atoms with van der Waals surface area (Å²) in [6, 6.07) is 52.1. The van der Waals surface area contributed by atoms with E-state index in [0.29, 0.717) is 11.5 Å². The number of fused-ring (bicyclic) bond motifs is 8. The Morgan fingerprint density at radius 2 is 1.31 bits per heavy atom. The first-order valence-electron chi connectivity index (χ1n) is 16.1. The van der Waals surface area contributed by atoms with E-state index < -0.39 is 0 Å². The summed E-state index contributed by atoms with van der Waals surface area (Å²) in [7, 11) is 0. The Labute approximate surface area is 275 Å². The van der Waals surface area contributed by atoms with Gasteiger partial charge in [0, 0.05) is 27.1 Å². The molecular weight excluding hydrogens is 590 g/mol. The Morgan fingerprint density at radius 1 is 0.583 bits per heavy atom. The van der Waals surface area contributed by atoms with Gasteiger partial charge in [0.2, 0.25) is 0 Å². The van der Waals surface area contributed by atoms with E-state index in [0.717, 1.165) is 77.3 Å². The molecule has 6 heteroatoms. The van der Waals surface area contributed by atoms with Crippen molar-refractivity contribution in [3.8, 4) is 5.82 Å². The van der Waals surface area contributed by atoms with Gasteiger partial charge in [0.15, 0.2) is 11.4 Å². The van der Waals surface area contributed by atoms with Crippen molar-refractivity contribution in [3.05, 3.63) is 168 Å². The van der Waals surface area contributed by atoms with E-state index in [1.54, 1.807) is 0 Å². The van der Waals surface area contributed by atoms with Crippen molar-refractivity contribution < 1.29 is 4.42 Å². The van der Waals surface area contributed by atoms with Crippen molar-refractivity contribution in [3.63, 3.8) is 0 Å². The van der Waals surface area contributed by atoms with E-state index in [1.165, 1.54) is 0 Å². The number of pyridine rings is 1. The number of benzene rings is 6. The summed E-state index contributed by atoms with van der Waals surface area (Å²) in [5.74, 6) is 2.10. The van der Waals surface area contributed by atoms with Gasteiger partial charge in [-0.1, -0.05) is 121 Å². The first-order chi connectivity index (χ1) is 23.8. The van der Waals surface area contributed by atoms with Crippen molar-refractivity contribution >= 4 is 66.2 Å². The molecule has 10 rings (SSSR count). The van der Waals surface area contributed by atoms with Crippen LogP contribution in [0.4, 0.5) is 0 Å². The van der Waals surface area contributed by atoms with Crippen molar-refractivity contribution in [1.29, 1.82) is 0 Å². The maximum atomic E-state index is 6.56. The van der Waals surface area contributed by atoms with E-state index in [4.69, 9.17) is 19.4 Å². The van der Waals surface area contributed by atoms with Gasteiger partial charge in [0.25, 0.3) is 0 Å². The fraction of sp³-hybridized carbons (Fsp3) is 0.0238. The summed E-state index contributed by atoms with van der Waals surface area (Å²) in [5.41, 5.74) is 6.51. The molecule has 1 aliphatic rings. The zero-order valence-corrected chi connectivity index (χ0v) is 25.7. The summed E-state index contributed by atoms with van der Waals surface area (Å²) < 4.78 is 8.78. The number of aromatic nitrogens is 2. The molecule has 1 atom stereocenters. The summed E-state index contributed by atoms with van der Waals surface area (Å²) in [6.07, 6.45) is -0.332. The molecule has 0 saturated carbocycles. The first kappa shape index (κ1) is 26.7. The average Bonchev–Trinajstić information content (AvgIpc) is 3.71. The molecule has 6 aromatic carbocycles. The molecule has 1 unspecified atom stereocenters. The van der Waals surface area contributed by atoms with Crippen LogP contribution in [-0.2, 0) is 0 Å². The molecule has 4 heterocycles. The molecule has 0 spiro atoms. The van der Waals surface area contributed by atoms with Crippen LogP contribution in [0.25, 0.3) is 60.3 Å². The Kier molecular flexibility index (Phi) is 5.84.